The van der Waals surface area contributed by atoms with E-state index in [-0.39, 0.29) is 11.9 Å². The molecule has 32 heavy (non-hydrogen) atoms. The minimum absolute atomic E-state index is 0.0720. The average Bonchev–Trinajstić information content (AvgIpc) is 3.59. The molecule has 0 N–H and O–H groups in total. The van der Waals surface area contributed by atoms with E-state index in [1.54, 1.807) is 0 Å². The Balaban J connectivity index is 0.832. The summed E-state index contributed by atoms with van der Waals surface area (Å²) in [6, 6.07) is 0. The van der Waals surface area contributed by atoms with E-state index in [1.165, 1.54) is 64.2 Å². The fraction of sp³-hybridized carbons (Fsp3) is 0.929. The van der Waals surface area contributed by atoms with Crippen molar-refractivity contribution in [1.82, 2.24) is 0 Å². The summed E-state index contributed by atoms with van der Waals surface area (Å²) in [5.74, 6) is 8.42. The lowest BCUT2D eigenvalue weighted by Gasteiger charge is -2.31. The standard InChI is InChI=1S/C28H42O4/c29-27(31-15-19-11-17-13-25(19)23-7-3-5-21(17)23)9-1-2-10-28(30)32-16-20-12-18-14-26(20)24-8-4-6-22(18)24/h17-26H,1-16H2. The lowest BCUT2D eigenvalue weighted by molar-refractivity contribution is -0.148. The Bertz CT molecular complexity index is 658. The van der Waals surface area contributed by atoms with Crippen LogP contribution in [0.3, 0.4) is 0 Å². The van der Waals surface area contributed by atoms with Crippen LogP contribution in [0.2, 0.25) is 0 Å². The molecule has 178 valence electrons. The monoisotopic (exact) mass is 442 g/mol. The number of carbonyl (C=O) groups is 2. The van der Waals surface area contributed by atoms with E-state index >= 15 is 0 Å². The maximum atomic E-state index is 12.2. The van der Waals surface area contributed by atoms with Gasteiger partial charge in [0.1, 0.15) is 0 Å². The van der Waals surface area contributed by atoms with Crippen molar-refractivity contribution in [3.63, 3.8) is 0 Å². The van der Waals surface area contributed by atoms with Crippen molar-refractivity contribution in [2.24, 2.45) is 59.2 Å². The van der Waals surface area contributed by atoms with Gasteiger partial charge >= 0.3 is 11.9 Å². The Kier molecular flexibility index (Phi) is 6.00. The van der Waals surface area contributed by atoms with Gasteiger partial charge in [-0.05, 0) is 123 Å². The molecular weight excluding hydrogens is 400 g/mol. The Morgan fingerprint density at radius 3 is 1.47 bits per heavy atom. The third kappa shape index (κ3) is 3.92. The first-order valence-corrected chi connectivity index (χ1v) is 14.0. The van der Waals surface area contributed by atoms with Crippen LogP contribution >= 0.6 is 0 Å². The van der Waals surface area contributed by atoms with E-state index < -0.39 is 0 Å². The van der Waals surface area contributed by atoms with Gasteiger partial charge in [0.2, 0.25) is 0 Å². The SMILES string of the molecule is O=C(CCCCC(=O)OCC1CC2CC1C1CCCC21)OCC1CC2CC1C1CCCC21. The van der Waals surface area contributed by atoms with Gasteiger partial charge in [-0.15, -0.1) is 0 Å². The number of carbonyl (C=O) groups excluding carboxylic acids is 2. The average molecular weight is 443 g/mol. The van der Waals surface area contributed by atoms with Gasteiger partial charge in [0.05, 0.1) is 13.2 Å². The summed E-state index contributed by atoms with van der Waals surface area (Å²) in [7, 11) is 0. The van der Waals surface area contributed by atoms with Crippen molar-refractivity contribution in [3.05, 3.63) is 0 Å². The minimum atomic E-state index is -0.0720. The summed E-state index contributed by atoms with van der Waals surface area (Å²) in [6.07, 6.45) is 16.2. The molecule has 0 amide bonds. The van der Waals surface area contributed by atoms with Gasteiger partial charge in [-0.2, -0.15) is 0 Å². The Morgan fingerprint density at radius 1 is 0.562 bits per heavy atom. The van der Waals surface area contributed by atoms with Crippen LogP contribution in [-0.2, 0) is 19.1 Å². The van der Waals surface area contributed by atoms with Crippen LogP contribution in [0.5, 0.6) is 0 Å². The smallest absolute Gasteiger partial charge is 0.305 e. The minimum Gasteiger partial charge on any atom is -0.465 e. The Labute approximate surface area is 193 Å². The Hall–Kier alpha value is -1.06. The van der Waals surface area contributed by atoms with Crippen LogP contribution in [-0.4, -0.2) is 25.2 Å². The number of fused-ring (bicyclic) bond motifs is 10. The molecule has 4 bridgehead atoms. The fourth-order valence-corrected chi connectivity index (χ4v) is 9.89. The molecule has 6 rings (SSSR count). The van der Waals surface area contributed by atoms with Gasteiger partial charge in [-0.25, -0.2) is 0 Å². The van der Waals surface area contributed by atoms with Crippen molar-refractivity contribution in [2.75, 3.05) is 13.2 Å². The first-order chi connectivity index (χ1) is 15.7. The highest BCUT2D eigenvalue weighted by Crippen LogP contribution is 2.62. The highest BCUT2D eigenvalue weighted by Gasteiger charge is 2.54. The third-order valence-electron chi connectivity index (χ3n) is 11.1. The molecule has 6 fully saturated rings. The van der Waals surface area contributed by atoms with Gasteiger partial charge < -0.3 is 9.47 Å². The van der Waals surface area contributed by atoms with Crippen LogP contribution < -0.4 is 0 Å². The zero-order chi connectivity index (χ0) is 21.7. The molecule has 0 saturated heterocycles. The second-order valence-electron chi connectivity index (χ2n) is 12.4. The number of hydrogen-bond acceptors (Lipinski definition) is 4. The molecule has 0 spiro atoms. The molecular formula is C28H42O4. The lowest BCUT2D eigenvalue weighted by Crippen LogP contribution is -2.28. The van der Waals surface area contributed by atoms with Gasteiger partial charge in [0.25, 0.3) is 0 Å². The maximum Gasteiger partial charge on any atom is 0.305 e. The Morgan fingerprint density at radius 2 is 1.00 bits per heavy atom. The van der Waals surface area contributed by atoms with Crippen LogP contribution in [0.25, 0.3) is 0 Å². The second kappa shape index (κ2) is 8.95. The molecule has 0 heterocycles. The van der Waals surface area contributed by atoms with Crippen molar-refractivity contribution >= 4 is 11.9 Å². The predicted molar refractivity (Wildman–Crippen MR) is 121 cm³/mol. The van der Waals surface area contributed by atoms with Crippen molar-refractivity contribution in [2.45, 2.75) is 89.9 Å². The van der Waals surface area contributed by atoms with E-state index in [9.17, 15) is 9.59 Å². The van der Waals surface area contributed by atoms with Crippen LogP contribution in [0.1, 0.15) is 89.9 Å². The van der Waals surface area contributed by atoms with E-state index in [4.69, 9.17) is 9.47 Å². The van der Waals surface area contributed by atoms with Crippen LogP contribution in [0, 0.1) is 59.2 Å². The highest BCUT2D eigenvalue weighted by atomic mass is 16.5. The van der Waals surface area contributed by atoms with Crippen molar-refractivity contribution in [3.8, 4) is 0 Å². The molecule has 0 aliphatic heterocycles. The molecule has 4 heteroatoms. The van der Waals surface area contributed by atoms with Gasteiger partial charge in [0.15, 0.2) is 0 Å². The summed E-state index contributed by atoms with van der Waals surface area (Å²) in [5.41, 5.74) is 0. The first kappa shape index (κ1) is 21.5. The third-order valence-corrected chi connectivity index (χ3v) is 11.1. The molecule has 6 aliphatic rings. The zero-order valence-electron chi connectivity index (χ0n) is 19.7. The number of ether oxygens (including phenoxy) is 2. The molecule has 0 aromatic heterocycles. The number of rotatable bonds is 9. The molecule has 0 radical (unpaired) electrons. The van der Waals surface area contributed by atoms with Crippen molar-refractivity contribution < 1.29 is 19.1 Å². The fourth-order valence-electron chi connectivity index (χ4n) is 9.89. The quantitative estimate of drug-likeness (QED) is 0.336. The van der Waals surface area contributed by atoms with E-state index in [0.29, 0.717) is 37.9 Å². The number of unbranched alkanes of at least 4 members (excludes halogenated alkanes) is 1. The van der Waals surface area contributed by atoms with E-state index in [0.717, 1.165) is 60.2 Å². The molecule has 6 saturated carbocycles. The summed E-state index contributed by atoms with van der Waals surface area (Å²) >= 11 is 0. The summed E-state index contributed by atoms with van der Waals surface area (Å²) < 4.78 is 11.3. The van der Waals surface area contributed by atoms with Gasteiger partial charge in [-0.3, -0.25) is 9.59 Å². The highest BCUT2D eigenvalue weighted by molar-refractivity contribution is 5.70. The van der Waals surface area contributed by atoms with Crippen LogP contribution in [0.4, 0.5) is 0 Å². The molecule has 0 aromatic carbocycles. The van der Waals surface area contributed by atoms with Gasteiger partial charge in [-0.1, -0.05) is 12.8 Å². The molecule has 10 atom stereocenters. The predicted octanol–water partition coefficient (Wildman–Crippen LogP) is 5.78. The first-order valence-electron chi connectivity index (χ1n) is 14.0. The van der Waals surface area contributed by atoms with E-state index in [1.807, 2.05) is 0 Å². The molecule has 0 aromatic rings. The second-order valence-corrected chi connectivity index (χ2v) is 12.4. The topological polar surface area (TPSA) is 52.6 Å². The van der Waals surface area contributed by atoms with Crippen molar-refractivity contribution in [1.29, 1.82) is 0 Å². The largest absolute Gasteiger partial charge is 0.465 e. The number of esters is 2. The zero-order valence-corrected chi connectivity index (χ0v) is 19.7. The van der Waals surface area contributed by atoms with Crippen LogP contribution in [0.15, 0.2) is 0 Å². The molecule has 10 unspecified atom stereocenters. The maximum absolute atomic E-state index is 12.2. The lowest BCUT2D eigenvalue weighted by atomic mass is 9.76. The summed E-state index contributed by atoms with van der Waals surface area (Å²) in [5, 5.41) is 0. The summed E-state index contributed by atoms with van der Waals surface area (Å²) in [4.78, 5) is 24.4. The summed E-state index contributed by atoms with van der Waals surface area (Å²) in [6.45, 7) is 1.27. The number of hydrogen-bond donors (Lipinski definition) is 0. The van der Waals surface area contributed by atoms with Gasteiger partial charge in [0, 0.05) is 12.8 Å². The normalized spacial score (nSPS) is 45.2. The molecule has 6 aliphatic carbocycles. The molecule has 4 nitrogen and oxygen atoms in total. The van der Waals surface area contributed by atoms with E-state index in [2.05, 4.69) is 0 Å².